The lowest BCUT2D eigenvalue weighted by molar-refractivity contribution is -0.115. The van der Waals surface area contributed by atoms with Crippen molar-refractivity contribution in [3.05, 3.63) is 78.2 Å². The maximum Gasteiger partial charge on any atom is 0.234 e. The van der Waals surface area contributed by atoms with E-state index in [9.17, 15) is 4.79 Å². The number of aryl methyl sites for hydroxylation is 1. The average molecular weight is 372 g/mol. The molecule has 0 atom stereocenters. The van der Waals surface area contributed by atoms with E-state index in [-0.39, 0.29) is 5.91 Å². The van der Waals surface area contributed by atoms with Crippen LogP contribution in [-0.2, 0) is 11.2 Å². The Morgan fingerprint density at radius 3 is 2.75 bits per heavy atom. The van der Waals surface area contributed by atoms with E-state index in [1.54, 1.807) is 13.3 Å². The van der Waals surface area contributed by atoms with Crippen molar-refractivity contribution in [2.45, 2.75) is 13.3 Å². The largest absolute Gasteiger partial charge is 0.494 e. The number of amides is 1. The second-order valence-corrected chi connectivity index (χ2v) is 6.57. The van der Waals surface area contributed by atoms with Gasteiger partial charge < -0.3 is 10.1 Å². The Bertz CT molecular complexity index is 1140. The van der Waals surface area contributed by atoms with Crippen LogP contribution in [0.2, 0.25) is 0 Å². The Hall–Kier alpha value is -3.67. The Morgan fingerprint density at radius 1 is 1.14 bits per heavy atom. The molecule has 2 aromatic carbocycles. The summed E-state index contributed by atoms with van der Waals surface area (Å²) in [5.74, 6) is 1.20. The number of hydrogen-bond acceptors (Lipinski definition) is 4. The third kappa shape index (κ3) is 3.71. The zero-order valence-corrected chi connectivity index (χ0v) is 15.7. The van der Waals surface area contributed by atoms with Gasteiger partial charge in [0.1, 0.15) is 0 Å². The van der Waals surface area contributed by atoms with Gasteiger partial charge in [0.25, 0.3) is 0 Å². The van der Waals surface area contributed by atoms with E-state index in [1.165, 1.54) is 0 Å². The normalized spacial score (nSPS) is 10.8. The van der Waals surface area contributed by atoms with Crippen molar-refractivity contribution < 1.29 is 9.53 Å². The molecule has 0 saturated heterocycles. The van der Waals surface area contributed by atoms with Crippen molar-refractivity contribution >= 4 is 17.4 Å². The minimum atomic E-state index is -0.0483. The second kappa shape index (κ2) is 7.52. The number of carbonyl (C=O) groups is 1. The molecule has 140 valence electrons. The molecule has 0 aliphatic heterocycles. The van der Waals surface area contributed by atoms with E-state index in [0.29, 0.717) is 17.9 Å². The Balaban J connectivity index is 1.59. The number of hydrogen-bond donors (Lipinski definition) is 1. The summed E-state index contributed by atoms with van der Waals surface area (Å²) in [5, 5.41) is 3.01. The molecule has 1 amide bonds. The van der Waals surface area contributed by atoms with Gasteiger partial charge >= 0.3 is 0 Å². The summed E-state index contributed by atoms with van der Waals surface area (Å²) in [7, 11) is 1.60. The summed E-state index contributed by atoms with van der Waals surface area (Å²) < 4.78 is 7.03. The van der Waals surface area contributed by atoms with Gasteiger partial charge in [0.15, 0.2) is 5.75 Å². The molecule has 0 radical (unpaired) electrons. The molecule has 2 aromatic heterocycles. The maximum absolute atomic E-state index is 12.4. The van der Waals surface area contributed by atoms with Gasteiger partial charge in [-0.3, -0.25) is 9.20 Å². The van der Waals surface area contributed by atoms with E-state index in [0.717, 1.165) is 28.1 Å². The molecular weight excluding hydrogens is 352 g/mol. The number of ether oxygens (including phenoxy) is 1. The average Bonchev–Trinajstić information content (AvgIpc) is 3.13. The lowest BCUT2D eigenvalue weighted by atomic mass is 10.1. The zero-order chi connectivity index (χ0) is 19.5. The fourth-order valence-electron chi connectivity index (χ4n) is 3.00. The summed E-state index contributed by atoms with van der Waals surface area (Å²) >= 11 is 0. The van der Waals surface area contributed by atoms with Crippen LogP contribution < -0.4 is 10.1 Å². The lowest BCUT2D eigenvalue weighted by Crippen LogP contribution is -2.15. The molecule has 2 heterocycles. The Labute approximate surface area is 162 Å². The summed E-state index contributed by atoms with van der Waals surface area (Å²) in [6, 6.07) is 15.6. The van der Waals surface area contributed by atoms with Gasteiger partial charge in [-0.25, -0.2) is 9.97 Å². The van der Waals surface area contributed by atoms with E-state index in [4.69, 9.17) is 4.74 Å². The first kappa shape index (κ1) is 17.7. The zero-order valence-electron chi connectivity index (χ0n) is 15.7. The monoisotopic (exact) mass is 372 g/mol. The highest BCUT2D eigenvalue weighted by molar-refractivity contribution is 5.93. The lowest BCUT2D eigenvalue weighted by Gasteiger charge is -2.10. The fraction of sp³-hybridized carbons (Fsp3) is 0.136. The van der Waals surface area contributed by atoms with Crippen LogP contribution in [0.25, 0.3) is 17.0 Å². The van der Waals surface area contributed by atoms with E-state index >= 15 is 0 Å². The molecule has 6 nitrogen and oxygen atoms in total. The number of nitrogens with one attached hydrogen (secondary N) is 1. The fourth-order valence-corrected chi connectivity index (χ4v) is 3.00. The summed E-state index contributed by atoms with van der Waals surface area (Å²) in [6.07, 6.45) is 5.69. The van der Waals surface area contributed by atoms with E-state index in [1.807, 2.05) is 72.2 Å². The number of aromatic nitrogens is 3. The highest BCUT2D eigenvalue weighted by Crippen LogP contribution is 2.25. The third-order valence-corrected chi connectivity index (χ3v) is 4.54. The van der Waals surface area contributed by atoms with Crippen molar-refractivity contribution in [2.75, 3.05) is 12.4 Å². The topological polar surface area (TPSA) is 68.5 Å². The molecular formula is C22H20N4O2. The first-order chi connectivity index (χ1) is 13.6. The van der Waals surface area contributed by atoms with Crippen LogP contribution in [0.3, 0.4) is 0 Å². The van der Waals surface area contributed by atoms with Gasteiger partial charge in [0, 0.05) is 17.4 Å². The SMILES string of the molecule is COc1cnc2nc(-c3ccc(C)c(NC(=O)Cc4ccccc4)c3)cn2c1. The number of nitrogens with zero attached hydrogens (tertiary/aromatic N) is 3. The number of benzene rings is 2. The predicted octanol–water partition coefficient (Wildman–Crippen LogP) is 3.89. The van der Waals surface area contributed by atoms with Crippen LogP contribution in [0, 0.1) is 6.92 Å². The Morgan fingerprint density at radius 2 is 1.96 bits per heavy atom. The molecule has 0 spiro atoms. The van der Waals surface area contributed by atoms with Crippen molar-refractivity contribution in [3.63, 3.8) is 0 Å². The Kier molecular flexibility index (Phi) is 4.76. The molecule has 0 aliphatic carbocycles. The van der Waals surface area contributed by atoms with Gasteiger partial charge in [0.05, 0.1) is 31.6 Å². The van der Waals surface area contributed by atoms with Gasteiger partial charge in [-0.15, -0.1) is 0 Å². The third-order valence-electron chi connectivity index (χ3n) is 4.54. The molecule has 0 saturated carbocycles. The summed E-state index contributed by atoms with van der Waals surface area (Å²) in [5.41, 5.74) is 4.44. The summed E-state index contributed by atoms with van der Waals surface area (Å²) in [6.45, 7) is 1.97. The van der Waals surface area contributed by atoms with Gasteiger partial charge in [-0.05, 0) is 24.1 Å². The van der Waals surface area contributed by atoms with Crippen molar-refractivity contribution in [2.24, 2.45) is 0 Å². The van der Waals surface area contributed by atoms with Gasteiger partial charge in [-0.2, -0.15) is 0 Å². The van der Waals surface area contributed by atoms with Crippen LogP contribution in [0.1, 0.15) is 11.1 Å². The second-order valence-electron chi connectivity index (χ2n) is 6.57. The van der Waals surface area contributed by atoms with Gasteiger partial charge in [0.2, 0.25) is 11.7 Å². The first-order valence-corrected chi connectivity index (χ1v) is 8.96. The van der Waals surface area contributed by atoms with Crippen molar-refractivity contribution in [3.8, 4) is 17.0 Å². The van der Waals surface area contributed by atoms with E-state index < -0.39 is 0 Å². The summed E-state index contributed by atoms with van der Waals surface area (Å²) in [4.78, 5) is 21.3. The molecule has 4 rings (SSSR count). The standard InChI is InChI=1S/C22H20N4O2/c1-15-8-9-17(20-14-26-13-18(28-2)12-23-22(26)25-20)11-19(15)24-21(27)10-16-6-4-3-5-7-16/h3-9,11-14H,10H2,1-2H3,(H,24,27). The highest BCUT2D eigenvalue weighted by Gasteiger charge is 2.11. The highest BCUT2D eigenvalue weighted by atomic mass is 16.5. The van der Waals surface area contributed by atoms with Crippen molar-refractivity contribution in [1.82, 2.24) is 14.4 Å². The molecule has 0 bridgehead atoms. The van der Waals surface area contributed by atoms with Crippen molar-refractivity contribution in [1.29, 1.82) is 0 Å². The van der Waals surface area contributed by atoms with Crippen LogP contribution in [0.5, 0.6) is 5.75 Å². The van der Waals surface area contributed by atoms with E-state index in [2.05, 4.69) is 15.3 Å². The number of imidazole rings is 1. The van der Waals surface area contributed by atoms with Crippen LogP contribution >= 0.6 is 0 Å². The molecule has 6 heteroatoms. The van der Waals surface area contributed by atoms with Crippen LogP contribution in [0.15, 0.2) is 67.1 Å². The molecule has 0 aliphatic rings. The van der Waals surface area contributed by atoms with Gasteiger partial charge in [-0.1, -0.05) is 42.5 Å². The first-order valence-electron chi connectivity index (χ1n) is 8.96. The number of methoxy groups -OCH3 is 1. The molecule has 0 unspecified atom stereocenters. The van der Waals surface area contributed by atoms with Crippen LogP contribution in [0.4, 0.5) is 5.69 Å². The predicted molar refractivity (Wildman–Crippen MR) is 108 cm³/mol. The number of fused-ring (bicyclic) bond motifs is 1. The number of rotatable bonds is 5. The quantitative estimate of drug-likeness (QED) is 0.577. The smallest absolute Gasteiger partial charge is 0.234 e. The minimum absolute atomic E-state index is 0.0483. The molecule has 28 heavy (non-hydrogen) atoms. The van der Waals surface area contributed by atoms with Crippen LogP contribution in [-0.4, -0.2) is 27.4 Å². The molecule has 4 aromatic rings. The maximum atomic E-state index is 12.4. The number of carbonyl (C=O) groups excluding carboxylic acids is 1. The minimum Gasteiger partial charge on any atom is -0.494 e. The molecule has 1 N–H and O–H groups in total. The molecule has 0 fully saturated rings. The number of anilines is 1.